The van der Waals surface area contributed by atoms with Gasteiger partial charge in [0.05, 0.1) is 11.4 Å². The third-order valence-electron chi connectivity index (χ3n) is 11.8. The van der Waals surface area contributed by atoms with E-state index in [0.29, 0.717) is 66.3 Å². The van der Waals surface area contributed by atoms with Gasteiger partial charge in [-0.1, -0.05) is 55.0 Å². The minimum atomic E-state index is -4.92. The second-order valence-corrected chi connectivity index (χ2v) is 17.4. The molecule has 1 atom stereocenters. The molecule has 0 aromatic heterocycles. The smallest absolute Gasteiger partial charge is 0.409 e. The first-order chi connectivity index (χ1) is 30.1. The summed E-state index contributed by atoms with van der Waals surface area (Å²) in [4.78, 5) is 104. The maximum Gasteiger partial charge on any atom is 0.524 e. The minimum absolute atomic E-state index is 0.0272. The van der Waals surface area contributed by atoms with E-state index < -0.39 is 13.9 Å². The maximum absolute atomic E-state index is 13.8. The monoisotopic (exact) mass is 901 g/mol. The largest absolute Gasteiger partial charge is 0.524 e. The number of ether oxygens (including phenoxy) is 1. The number of carbonyl (C=O) groups excluding carboxylic acids is 6. The van der Waals surface area contributed by atoms with Crippen molar-refractivity contribution in [2.24, 2.45) is 0 Å². The number of benzene rings is 4. The van der Waals surface area contributed by atoms with Crippen LogP contribution in [0.4, 0.5) is 16.2 Å². The average Bonchev–Trinajstić information content (AvgIpc) is 3.96. The summed E-state index contributed by atoms with van der Waals surface area (Å²) in [5.41, 5.74) is 2.82. The zero-order valence-electron chi connectivity index (χ0n) is 35.0. The molecule has 0 spiro atoms. The van der Waals surface area contributed by atoms with Crippen LogP contribution < -0.4 is 19.1 Å². The summed E-state index contributed by atoms with van der Waals surface area (Å²) in [6, 6.07) is 17.7. The van der Waals surface area contributed by atoms with Crippen molar-refractivity contribution in [3.8, 4) is 11.5 Å². The van der Waals surface area contributed by atoms with E-state index in [1.165, 1.54) is 28.0 Å². The summed E-state index contributed by atoms with van der Waals surface area (Å²) >= 11 is 6.38. The molecule has 0 fully saturated rings. The van der Waals surface area contributed by atoms with Crippen LogP contribution in [-0.2, 0) is 35.0 Å². The van der Waals surface area contributed by atoms with Crippen LogP contribution in [0.3, 0.4) is 0 Å². The molecule has 3 aliphatic rings. The van der Waals surface area contributed by atoms with Crippen LogP contribution in [0.1, 0.15) is 62.0 Å². The number of hydrogen-bond acceptors (Lipinski definition) is 9. The highest BCUT2D eigenvalue weighted by atomic mass is 35.5. The van der Waals surface area contributed by atoms with Gasteiger partial charge in [-0.3, -0.25) is 38.7 Å². The van der Waals surface area contributed by atoms with Crippen molar-refractivity contribution in [1.82, 2.24) is 14.7 Å². The number of fused-ring (bicyclic) bond motifs is 6. The molecule has 6 amide bonds. The highest BCUT2D eigenvalue weighted by molar-refractivity contribution is 7.46. The Morgan fingerprint density at radius 2 is 1.37 bits per heavy atom. The van der Waals surface area contributed by atoms with Gasteiger partial charge < -0.3 is 28.9 Å². The van der Waals surface area contributed by atoms with E-state index in [1.807, 2.05) is 24.3 Å². The molecule has 18 heteroatoms. The molecule has 0 radical (unpaired) electrons. The van der Waals surface area contributed by atoms with Crippen molar-refractivity contribution in [3.05, 3.63) is 83.9 Å². The number of rotatable bonds is 17. The van der Waals surface area contributed by atoms with E-state index in [0.717, 1.165) is 16.5 Å². The van der Waals surface area contributed by atoms with Crippen LogP contribution in [0, 0.1) is 0 Å². The van der Waals surface area contributed by atoms with Gasteiger partial charge in [-0.15, -0.1) is 11.6 Å². The van der Waals surface area contributed by atoms with Crippen LogP contribution in [0.25, 0.3) is 21.5 Å². The lowest BCUT2D eigenvalue weighted by Gasteiger charge is -2.23. The Labute approximate surface area is 369 Å². The Kier molecular flexibility index (Phi) is 13.9. The lowest BCUT2D eigenvalue weighted by molar-refractivity contribution is -0.137. The molecule has 0 bridgehead atoms. The van der Waals surface area contributed by atoms with Crippen molar-refractivity contribution >= 4 is 88.0 Å². The first kappa shape index (κ1) is 45.2. The molecule has 332 valence electrons. The molecule has 0 aliphatic carbocycles. The zero-order chi connectivity index (χ0) is 45.0. The van der Waals surface area contributed by atoms with Gasteiger partial charge in [0, 0.05) is 113 Å². The molecule has 3 aliphatic heterocycles. The SMILES string of the molecule is CN(CCN(C)C(=O)Oc1cc2c(c3ccccc13)CCN2C(=O)CCCC(=O)N1CC(CCl)c2c1cc(OP(=O)(O)O)c1ccccc21)C(=O)CCCCCN1C(=O)C=CC1=O. The van der Waals surface area contributed by atoms with E-state index >= 15 is 0 Å². The van der Waals surface area contributed by atoms with E-state index in [4.69, 9.17) is 20.9 Å². The third-order valence-corrected chi connectivity index (χ3v) is 12.6. The van der Waals surface area contributed by atoms with Crippen molar-refractivity contribution < 1.29 is 52.4 Å². The summed E-state index contributed by atoms with van der Waals surface area (Å²) in [7, 11) is -1.67. The molecule has 0 saturated heterocycles. The van der Waals surface area contributed by atoms with Crippen molar-refractivity contribution in [1.29, 1.82) is 0 Å². The molecule has 4 aromatic rings. The Balaban J connectivity index is 0.945. The average molecular weight is 902 g/mol. The maximum atomic E-state index is 13.8. The second kappa shape index (κ2) is 19.3. The van der Waals surface area contributed by atoms with E-state index in [-0.39, 0.29) is 98.2 Å². The summed E-state index contributed by atoms with van der Waals surface area (Å²) in [5, 5.41) is 2.73. The number of hydrogen-bond donors (Lipinski definition) is 2. The lowest BCUT2D eigenvalue weighted by atomic mass is 9.95. The van der Waals surface area contributed by atoms with E-state index in [2.05, 4.69) is 0 Å². The van der Waals surface area contributed by atoms with E-state index in [1.54, 1.807) is 59.1 Å². The van der Waals surface area contributed by atoms with Crippen LogP contribution in [0.15, 0.2) is 72.8 Å². The number of anilines is 2. The van der Waals surface area contributed by atoms with Crippen LogP contribution in [0.5, 0.6) is 11.5 Å². The van der Waals surface area contributed by atoms with Gasteiger partial charge in [0.25, 0.3) is 11.8 Å². The van der Waals surface area contributed by atoms with Gasteiger partial charge in [0.1, 0.15) is 11.5 Å². The van der Waals surface area contributed by atoms with Gasteiger partial charge in [-0.2, -0.15) is 0 Å². The summed E-state index contributed by atoms with van der Waals surface area (Å²) in [6.07, 6.45) is 4.93. The molecule has 7 rings (SSSR count). The Morgan fingerprint density at radius 1 is 0.762 bits per heavy atom. The lowest BCUT2D eigenvalue weighted by Crippen LogP contribution is -2.38. The van der Waals surface area contributed by atoms with Gasteiger partial charge in [0.15, 0.2) is 0 Å². The molecular weight excluding hydrogens is 853 g/mol. The Bertz CT molecular complexity index is 2540. The Hall–Kier alpha value is -5.80. The summed E-state index contributed by atoms with van der Waals surface area (Å²) in [6.45, 7) is 1.46. The number of imide groups is 1. The van der Waals surface area contributed by atoms with Crippen LogP contribution in [-0.4, -0.2) is 113 Å². The summed E-state index contributed by atoms with van der Waals surface area (Å²) in [5.74, 6) is -0.983. The number of unbranched alkanes of at least 4 members (excludes halogenated alkanes) is 2. The fraction of sp³-hybridized carbons (Fsp3) is 0.378. The van der Waals surface area contributed by atoms with Crippen molar-refractivity contribution in [2.45, 2.75) is 57.3 Å². The predicted octanol–water partition coefficient (Wildman–Crippen LogP) is 6.27. The number of halogens is 1. The van der Waals surface area contributed by atoms with Gasteiger partial charge in [-0.05, 0) is 47.6 Å². The number of nitrogens with zero attached hydrogens (tertiary/aromatic N) is 5. The highest BCUT2D eigenvalue weighted by Crippen LogP contribution is 2.49. The molecule has 1 unspecified atom stereocenters. The topological polar surface area (TPSA) is 195 Å². The molecule has 2 N–H and O–H groups in total. The molecule has 63 heavy (non-hydrogen) atoms. The fourth-order valence-corrected chi connectivity index (χ4v) is 9.13. The predicted molar refractivity (Wildman–Crippen MR) is 237 cm³/mol. The van der Waals surface area contributed by atoms with Crippen LogP contribution >= 0.6 is 19.4 Å². The molecule has 4 aromatic carbocycles. The number of alkyl halides is 1. The summed E-state index contributed by atoms with van der Waals surface area (Å²) < 4.78 is 22.8. The molecule has 16 nitrogen and oxygen atoms in total. The molecule has 0 saturated carbocycles. The number of carbonyl (C=O) groups is 6. The number of phosphoric ester groups is 1. The van der Waals surface area contributed by atoms with Crippen molar-refractivity contribution in [2.75, 3.05) is 62.5 Å². The van der Waals surface area contributed by atoms with Gasteiger partial charge in [-0.25, -0.2) is 9.36 Å². The van der Waals surface area contributed by atoms with E-state index in [9.17, 15) is 43.1 Å². The van der Waals surface area contributed by atoms with Gasteiger partial charge in [0.2, 0.25) is 17.7 Å². The fourth-order valence-electron chi connectivity index (χ4n) is 8.47. The normalized spacial score (nSPS) is 15.6. The quantitative estimate of drug-likeness (QED) is 0.0525. The zero-order valence-corrected chi connectivity index (χ0v) is 36.7. The van der Waals surface area contributed by atoms with Gasteiger partial charge >= 0.3 is 13.9 Å². The third kappa shape index (κ3) is 10.0. The first-order valence-electron chi connectivity index (χ1n) is 20.9. The number of likely N-dealkylation sites (N-methyl/N-ethyl adjacent to an activating group) is 2. The second-order valence-electron chi connectivity index (χ2n) is 15.9. The molecule has 3 heterocycles. The minimum Gasteiger partial charge on any atom is -0.409 e. The van der Waals surface area contributed by atoms with Crippen LogP contribution in [0.2, 0.25) is 0 Å². The first-order valence-corrected chi connectivity index (χ1v) is 22.9. The van der Waals surface area contributed by atoms with Crippen molar-refractivity contribution in [3.63, 3.8) is 0 Å². The number of amides is 6. The standard InChI is InChI=1S/C45H49ClN5O11P/c1-47(39(52)15-4-3-9-21-50-42(55)18-19-43(50)56)23-24-48(2)45(57)61-37-25-35-31(30-11-5-6-12-32(30)37)20-22-49(35)40(53)16-10-17-41(54)51-28-29(27-46)44-34-14-8-7-13-33(34)38(26-36(44)51)62-63(58,59)60/h5-8,11-14,18-19,25-26,29H,3-4,9-10,15-17,20-24,27-28H2,1-2H3,(H2,58,59,60). The highest BCUT2D eigenvalue weighted by Gasteiger charge is 2.36. The number of phosphoric acid groups is 1. The Morgan fingerprint density at radius 3 is 2.03 bits per heavy atom. The molecular formula is C45H49ClN5O11P.